The van der Waals surface area contributed by atoms with Crippen molar-refractivity contribution in [3.63, 3.8) is 0 Å². The van der Waals surface area contributed by atoms with E-state index in [-0.39, 0.29) is 16.1 Å². The second-order valence-electron chi connectivity index (χ2n) is 3.84. The van der Waals surface area contributed by atoms with Gasteiger partial charge in [-0.25, -0.2) is 8.42 Å². The molecule has 0 unspecified atom stereocenters. The van der Waals surface area contributed by atoms with Crippen molar-refractivity contribution in [1.82, 2.24) is 0 Å². The molecule has 96 valence electrons. The maximum absolute atomic E-state index is 12.1. The number of nitrogens with zero attached hydrogens (tertiary/aromatic N) is 1. The van der Waals surface area contributed by atoms with E-state index in [1.54, 1.807) is 24.3 Å². The second-order valence-corrected chi connectivity index (χ2v) is 5.52. The number of hydrogen-bond donors (Lipinski definition) is 2. The Labute approximate surface area is 111 Å². The SMILES string of the molecule is N#Cc1ccccc1NS(=O)(=O)c1cccc(N)c1. The van der Waals surface area contributed by atoms with E-state index in [0.29, 0.717) is 5.69 Å². The summed E-state index contributed by atoms with van der Waals surface area (Å²) < 4.78 is 26.7. The summed E-state index contributed by atoms with van der Waals surface area (Å²) in [5.74, 6) is 0. The van der Waals surface area contributed by atoms with Crippen LogP contribution in [0, 0.1) is 11.3 Å². The summed E-state index contributed by atoms with van der Waals surface area (Å²) in [4.78, 5) is 0.0558. The van der Waals surface area contributed by atoms with Gasteiger partial charge in [0.1, 0.15) is 6.07 Å². The summed E-state index contributed by atoms with van der Waals surface area (Å²) in [5.41, 5.74) is 6.42. The molecular formula is C13H11N3O2S. The van der Waals surface area contributed by atoms with Crippen LogP contribution in [0.3, 0.4) is 0 Å². The average Bonchev–Trinajstić information content (AvgIpc) is 2.39. The average molecular weight is 273 g/mol. The zero-order valence-electron chi connectivity index (χ0n) is 9.87. The minimum absolute atomic E-state index is 0.0558. The Morgan fingerprint density at radius 3 is 2.53 bits per heavy atom. The van der Waals surface area contributed by atoms with Crippen molar-refractivity contribution in [3.05, 3.63) is 54.1 Å². The van der Waals surface area contributed by atoms with Gasteiger partial charge < -0.3 is 5.73 Å². The molecule has 0 aromatic heterocycles. The quantitative estimate of drug-likeness (QED) is 0.835. The van der Waals surface area contributed by atoms with Crippen molar-refractivity contribution in [2.24, 2.45) is 0 Å². The summed E-state index contributed by atoms with van der Waals surface area (Å²) in [6.07, 6.45) is 0. The summed E-state index contributed by atoms with van der Waals surface area (Å²) in [6.45, 7) is 0. The van der Waals surface area contributed by atoms with Crippen LogP contribution in [-0.4, -0.2) is 8.42 Å². The first-order chi connectivity index (χ1) is 9.03. The third kappa shape index (κ3) is 2.84. The molecule has 0 amide bonds. The van der Waals surface area contributed by atoms with Gasteiger partial charge in [-0.3, -0.25) is 4.72 Å². The minimum Gasteiger partial charge on any atom is -0.399 e. The van der Waals surface area contributed by atoms with Gasteiger partial charge in [-0.2, -0.15) is 5.26 Å². The second kappa shape index (κ2) is 5.00. The Hall–Kier alpha value is -2.52. The van der Waals surface area contributed by atoms with Crippen LogP contribution < -0.4 is 10.5 Å². The molecule has 0 spiro atoms. The highest BCUT2D eigenvalue weighted by Crippen LogP contribution is 2.20. The number of para-hydroxylation sites is 1. The van der Waals surface area contributed by atoms with Gasteiger partial charge in [-0.05, 0) is 30.3 Å². The van der Waals surface area contributed by atoms with Gasteiger partial charge in [0.15, 0.2) is 0 Å². The first-order valence-electron chi connectivity index (χ1n) is 5.40. The molecule has 0 atom stereocenters. The molecule has 6 heteroatoms. The van der Waals surface area contributed by atoms with E-state index in [9.17, 15) is 8.42 Å². The van der Waals surface area contributed by atoms with Gasteiger partial charge in [-0.15, -0.1) is 0 Å². The lowest BCUT2D eigenvalue weighted by Gasteiger charge is -2.09. The van der Waals surface area contributed by atoms with E-state index in [0.717, 1.165) is 0 Å². The molecule has 0 saturated heterocycles. The van der Waals surface area contributed by atoms with Crippen LogP contribution in [0.15, 0.2) is 53.4 Å². The normalized spacial score (nSPS) is 10.7. The van der Waals surface area contributed by atoms with Crippen LogP contribution in [0.1, 0.15) is 5.56 Å². The third-order valence-electron chi connectivity index (χ3n) is 2.46. The maximum Gasteiger partial charge on any atom is 0.262 e. The predicted octanol–water partition coefficient (Wildman–Crippen LogP) is 1.94. The molecule has 0 fully saturated rings. The van der Waals surface area contributed by atoms with Crippen LogP contribution in [0.4, 0.5) is 11.4 Å². The van der Waals surface area contributed by atoms with Gasteiger partial charge >= 0.3 is 0 Å². The van der Waals surface area contributed by atoms with E-state index in [1.165, 1.54) is 24.3 Å². The zero-order chi connectivity index (χ0) is 13.9. The highest BCUT2D eigenvalue weighted by atomic mass is 32.2. The van der Waals surface area contributed by atoms with E-state index in [2.05, 4.69) is 4.72 Å². The molecule has 5 nitrogen and oxygen atoms in total. The lowest BCUT2D eigenvalue weighted by atomic mass is 10.2. The fourth-order valence-corrected chi connectivity index (χ4v) is 2.69. The topological polar surface area (TPSA) is 96.0 Å². The number of rotatable bonds is 3. The van der Waals surface area contributed by atoms with E-state index < -0.39 is 10.0 Å². The van der Waals surface area contributed by atoms with Crippen LogP contribution in [0.2, 0.25) is 0 Å². The molecule has 0 radical (unpaired) electrons. The highest BCUT2D eigenvalue weighted by Gasteiger charge is 2.15. The molecule has 3 N–H and O–H groups in total. The van der Waals surface area contributed by atoms with Crippen molar-refractivity contribution in [1.29, 1.82) is 5.26 Å². The van der Waals surface area contributed by atoms with Gasteiger partial charge in [0, 0.05) is 5.69 Å². The lowest BCUT2D eigenvalue weighted by molar-refractivity contribution is 0.601. The van der Waals surface area contributed by atoms with Gasteiger partial charge in [-0.1, -0.05) is 18.2 Å². The minimum atomic E-state index is -3.75. The molecule has 0 heterocycles. The maximum atomic E-state index is 12.1. The number of hydrogen-bond acceptors (Lipinski definition) is 4. The first-order valence-corrected chi connectivity index (χ1v) is 6.89. The van der Waals surface area contributed by atoms with Crippen molar-refractivity contribution in [2.45, 2.75) is 4.90 Å². The third-order valence-corrected chi connectivity index (χ3v) is 3.82. The first kappa shape index (κ1) is 12.9. The van der Waals surface area contributed by atoms with E-state index >= 15 is 0 Å². The molecular weight excluding hydrogens is 262 g/mol. The highest BCUT2D eigenvalue weighted by molar-refractivity contribution is 7.92. The Bertz CT molecular complexity index is 748. The Balaban J connectivity index is 2.40. The number of benzene rings is 2. The number of nitrogens with one attached hydrogen (secondary N) is 1. The molecule has 0 saturated carbocycles. The van der Waals surface area contributed by atoms with Crippen LogP contribution in [-0.2, 0) is 10.0 Å². The molecule has 19 heavy (non-hydrogen) atoms. The van der Waals surface area contributed by atoms with Gasteiger partial charge in [0.05, 0.1) is 16.1 Å². The Morgan fingerprint density at radius 2 is 1.84 bits per heavy atom. The number of nitrogen functional groups attached to an aromatic ring is 1. The number of nitriles is 1. The van der Waals surface area contributed by atoms with Gasteiger partial charge in [0.2, 0.25) is 0 Å². The van der Waals surface area contributed by atoms with Crippen LogP contribution >= 0.6 is 0 Å². The molecule has 2 aromatic rings. The fraction of sp³-hybridized carbons (Fsp3) is 0. The number of sulfonamides is 1. The summed E-state index contributed by atoms with van der Waals surface area (Å²) in [6, 6.07) is 14.3. The van der Waals surface area contributed by atoms with Gasteiger partial charge in [0.25, 0.3) is 10.0 Å². The molecule has 2 aromatic carbocycles. The monoisotopic (exact) mass is 273 g/mol. The van der Waals surface area contributed by atoms with E-state index in [4.69, 9.17) is 11.0 Å². The zero-order valence-corrected chi connectivity index (χ0v) is 10.7. The summed E-state index contributed by atoms with van der Waals surface area (Å²) in [7, 11) is -3.75. The Morgan fingerprint density at radius 1 is 1.11 bits per heavy atom. The molecule has 2 rings (SSSR count). The van der Waals surface area contributed by atoms with Crippen LogP contribution in [0.25, 0.3) is 0 Å². The fourth-order valence-electron chi connectivity index (χ4n) is 1.56. The predicted molar refractivity (Wildman–Crippen MR) is 72.8 cm³/mol. The van der Waals surface area contributed by atoms with Crippen molar-refractivity contribution in [2.75, 3.05) is 10.5 Å². The van der Waals surface area contributed by atoms with Crippen LogP contribution in [0.5, 0.6) is 0 Å². The standard InChI is InChI=1S/C13H11N3O2S/c14-9-10-4-1-2-7-13(10)16-19(17,18)12-6-3-5-11(15)8-12/h1-8,16H,15H2. The smallest absolute Gasteiger partial charge is 0.262 e. The van der Waals surface area contributed by atoms with Crippen molar-refractivity contribution >= 4 is 21.4 Å². The molecule has 0 aliphatic carbocycles. The molecule has 0 bridgehead atoms. The number of nitrogens with two attached hydrogens (primary N) is 1. The Kier molecular flexibility index (Phi) is 3.40. The summed E-state index contributed by atoms with van der Waals surface area (Å²) in [5, 5.41) is 8.93. The number of anilines is 2. The lowest BCUT2D eigenvalue weighted by Crippen LogP contribution is -2.14. The molecule has 0 aliphatic rings. The molecule has 0 aliphatic heterocycles. The summed E-state index contributed by atoms with van der Waals surface area (Å²) >= 11 is 0. The van der Waals surface area contributed by atoms with Crippen molar-refractivity contribution < 1.29 is 8.42 Å². The largest absolute Gasteiger partial charge is 0.399 e. The van der Waals surface area contributed by atoms with Crippen molar-refractivity contribution in [3.8, 4) is 6.07 Å². The van der Waals surface area contributed by atoms with E-state index in [1.807, 2.05) is 6.07 Å².